The molecule has 1 aromatic carbocycles. The zero-order valence-corrected chi connectivity index (χ0v) is 8.94. The van der Waals surface area contributed by atoms with Gasteiger partial charge in [-0.1, -0.05) is 18.2 Å². The van der Waals surface area contributed by atoms with Crippen LogP contribution in [-0.2, 0) is 6.54 Å². The van der Waals surface area contributed by atoms with E-state index in [4.69, 9.17) is 0 Å². The van der Waals surface area contributed by atoms with Gasteiger partial charge in [0.15, 0.2) is 0 Å². The molecule has 2 aromatic rings. The molecule has 0 spiro atoms. The highest BCUT2D eigenvalue weighted by Gasteiger charge is 2.02. The molecule has 0 aliphatic rings. The van der Waals surface area contributed by atoms with Crippen LogP contribution in [0.2, 0.25) is 0 Å². The minimum atomic E-state index is -0.212. The van der Waals surface area contributed by atoms with E-state index in [1.165, 1.54) is 6.07 Å². The van der Waals surface area contributed by atoms with Crippen molar-refractivity contribution < 1.29 is 4.39 Å². The molecule has 3 nitrogen and oxygen atoms in total. The number of nitrogens with zero attached hydrogens (tertiary/aromatic N) is 2. The number of aryl methyl sites for hydroxylation is 1. The SMILES string of the molecule is Cc1nccnc1NCc1ccccc1F. The lowest BCUT2D eigenvalue weighted by Gasteiger charge is -2.07. The van der Waals surface area contributed by atoms with Gasteiger partial charge in [0, 0.05) is 24.5 Å². The Morgan fingerprint density at radius 2 is 1.94 bits per heavy atom. The quantitative estimate of drug-likeness (QED) is 0.858. The fourth-order valence-electron chi connectivity index (χ4n) is 1.40. The number of rotatable bonds is 3. The molecule has 0 atom stereocenters. The fraction of sp³-hybridized carbons (Fsp3) is 0.167. The molecule has 0 fully saturated rings. The first kappa shape index (κ1) is 10.5. The molecule has 0 saturated heterocycles. The van der Waals surface area contributed by atoms with Gasteiger partial charge in [0.25, 0.3) is 0 Å². The van der Waals surface area contributed by atoms with E-state index in [-0.39, 0.29) is 5.82 Å². The number of hydrogen-bond acceptors (Lipinski definition) is 3. The van der Waals surface area contributed by atoms with Crippen molar-refractivity contribution in [2.24, 2.45) is 0 Å². The second-order valence-electron chi connectivity index (χ2n) is 3.44. The van der Waals surface area contributed by atoms with Gasteiger partial charge in [-0.15, -0.1) is 0 Å². The Morgan fingerprint density at radius 1 is 1.19 bits per heavy atom. The van der Waals surface area contributed by atoms with Crippen molar-refractivity contribution in [3.63, 3.8) is 0 Å². The van der Waals surface area contributed by atoms with Crippen LogP contribution in [0.15, 0.2) is 36.7 Å². The van der Waals surface area contributed by atoms with Gasteiger partial charge in [-0.05, 0) is 13.0 Å². The number of aromatic nitrogens is 2. The molecule has 4 heteroatoms. The maximum atomic E-state index is 13.3. The van der Waals surface area contributed by atoms with Gasteiger partial charge in [-0.25, -0.2) is 9.37 Å². The summed E-state index contributed by atoms with van der Waals surface area (Å²) in [6.07, 6.45) is 3.24. The first-order valence-corrected chi connectivity index (χ1v) is 5.02. The van der Waals surface area contributed by atoms with Crippen LogP contribution >= 0.6 is 0 Å². The van der Waals surface area contributed by atoms with Gasteiger partial charge >= 0.3 is 0 Å². The van der Waals surface area contributed by atoms with Crippen LogP contribution in [0, 0.1) is 12.7 Å². The average Bonchev–Trinajstić information content (AvgIpc) is 2.30. The van der Waals surface area contributed by atoms with E-state index < -0.39 is 0 Å². The van der Waals surface area contributed by atoms with Gasteiger partial charge in [0.1, 0.15) is 11.6 Å². The smallest absolute Gasteiger partial charge is 0.147 e. The third-order valence-electron chi connectivity index (χ3n) is 2.29. The maximum absolute atomic E-state index is 13.3. The van der Waals surface area contributed by atoms with Crippen molar-refractivity contribution in [3.8, 4) is 0 Å². The molecule has 0 aliphatic heterocycles. The maximum Gasteiger partial charge on any atom is 0.147 e. The Balaban J connectivity index is 2.09. The minimum Gasteiger partial charge on any atom is -0.364 e. The molecule has 1 N–H and O–H groups in total. The monoisotopic (exact) mass is 217 g/mol. The highest BCUT2D eigenvalue weighted by Crippen LogP contribution is 2.11. The van der Waals surface area contributed by atoms with E-state index in [0.717, 1.165) is 5.69 Å². The summed E-state index contributed by atoms with van der Waals surface area (Å²) in [5.41, 5.74) is 1.42. The van der Waals surface area contributed by atoms with E-state index >= 15 is 0 Å². The zero-order valence-electron chi connectivity index (χ0n) is 8.94. The zero-order chi connectivity index (χ0) is 11.4. The van der Waals surface area contributed by atoms with Crippen LogP contribution in [0.4, 0.5) is 10.2 Å². The summed E-state index contributed by atoms with van der Waals surface area (Å²) in [4.78, 5) is 8.22. The molecule has 0 bridgehead atoms. The molecule has 0 amide bonds. The van der Waals surface area contributed by atoms with Gasteiger partial charge in [-0.2, -0.15) is 0 Å². The number of anilines is 1. The van der Waals surface area contributed by atoms with Crippen LogP contribution in [0.3, 0.4) is 0 Å². The molecule has 0 saturated carbocycles. The van der Waals surface area contributed by atoms with E-state index in [9.17, 15) is 4.39 Å². The third-order valence-corrected chi connectivity index (χ3v) is 2.29. The summed E-state index contributed by atoms with van der Waals surface area (Å²) < 4.78 is 13.3. The lowest BCUT2D eigenvalue weighted by Crippen LogP contribution is -2.05. The summed E-state index contributed by atoms with van der Waals surface area (Å²) in [5, 5.41) is 3.06. The van der Waals surface area contributed by atoms with E-state index in [1.54, 1.807) is 24.5 Å². The number of halogens is 1. The summed E-state index contributed by atoms with van der Waals surface area (Å²) in [5.74, 6) is 0.474. The second-order valence-corrected chi connectivity index (χ2v) is 3.44. The first-order valence-electron chi connectivity index (χ1n) is 5.02. The summed E-state index contributed by atoms with van der Waals surface area (Å²) >= 11 is 0. The summed E-state index contributed by atoms with van der Waals surface area (Å²) in [7, 11) is 0. The Hall–Kier alpha value is -1.97. The third kappa shape index (κ3) is 2.34. The Labute approximate surface area is 93.4 Å². The lowest BCUT2D eigenvalue weighted by molar-refractivity contribution is 0.613. The van der Waals surface area contributed by atoms with E-state index in [0.29, 0.717) is 17.9 Å². The van der Waals surface area contributed by atoms with Gasteiger partial charge in [-0.3, -0.25) is 4.98 Å². The average molecular weight is 217 g/mol. The van der Waals surface area contributed by atoms with Crippen molar-refractivity contribution >= 4 is 5.82 Å². The molecular formula is C12H12FN3. The normalized spacial score (nSPS) is 10.1. The van der Waals surface area contributed by atoms with Crippen molar-refractivity contribution in [1.82, 2.24) is 9.97 Å². The largest absolute Gasteiger partial charge is 0.364 e. The number of benzene rings is 1. The second kappa shape index (κ2) is 4.70. The topological polar surface area (TPSA) is 37.8 Å². The van der Waals surface area contributed by atoms with Crippen molar-refractivity contribution in [3.05, 3.63) is 53.7 Å². The Bertz CT molecular complexity index is 440. The van der Waals surface area contributed by atoms with Crippen molar-refractivity contribution in [2.75, 3.05) is 5.32 Å². The fourth-order valence-corrected chi connectivity index (χ4v) is 1.40. The van der Waals surface area contributed by atoms with Gasteiger partial charge in [0.2, 0.25) is 0 Å². The standard InChI is InChI=1S/C12H12FN3/c1-9-12(15-7-6-14-9)16-8-10-4-2-3-5-11(10)13/h2-7H,8H2,1H3,(H,15,16). The molecule has 82 valence electrons. The van der Waals surface area contributed by atoms with Gasteiger partial charge in [0.05, 0.1) is 5.69 Å². The number of nitrogens with one attached hydrogen (secondary N) is 1. The summed E-state index contributed by atoms with van der Waals surface area (Å²) in [6, 6.07) is 6.67. The first-order chi connectivity index (χ1) is 7.77. The van der Waals surface area contributed by atoms with Crippen LogP contribution in [0.5, 0.6) is 0 Å². The molecule has 0 unspecified atom stereocenters. The van der Waals surface area contributed by atoms with Gasteiger partial charge < -0.3 is 5.32 Å². The van der Waals surface area contributed by atoms with Crippen LogP contribution in [0.25, 0.3) is 0 Å². The highest BCUT2D eigenvalue weighted by atomic mass is 19.1. The van der Waals surface area contributed by atoms with E-state index in [1.807, 2.05) is 13.0 Å². The van der Waals surface area contributed by atoms with Crippen LogP contribution in [0.1, 0.15) is 11.3 Å². The molecule has 1 aromatic heterocycles. The minimum absolute atomic E-state index is 0.212. The van der Waals surface area contributed by atoms with Crippen LogP contribution in [-0.4, -0.2) is 9.97 Å². The molecule has 16 heavy (non-hydrogen) atoms. The Morgan fingerprint density at radius 3 is 2.69 bits per heavy atom. The Kier molecular flexibility index (Phi) is 3.10. The van der Waals surface area contributed by atoms with Crippen molar-refractivity contribution in [2.45, 2.75) is 13.5 Å². The van der Waals surface area contributed by atoms with Crippen molar-refractivity contribution in [1.29, 1.82) is 0 Å². The summed E-state index contributed by atoms with van der Waals surface area (Å²) in [6.45, 7) is 2.27. The molecule has 1 heterocycles. The molecular weight excluding hydrogens is 205 g/mol. The highest BCUT2D eigenvalue weighted by molar-refractivity contribution is 5.39. The van der Waals surface area contributed by atoms with Crippen LogP contribution < -0.4 is 5.32 Å². The molecule has 2 rings (SSSR count). The lowest BCUT2D eigenvalue weighted by atomic mass is 10.2. The predicted octanol–water partition coefficient (Wildman–Crippen LogP) is 2.54. The molecule has 0 radical (unpaired) electrons. The predicted molar refractivity (Wildman–Crippen MR) is 60.5 cm³/mol. The molecule has 0 aliphatic carbocycles. The van der Waals surface area contributed by atoms with E-state index in [2.05, 4.69) is 15.3 Å². The number of hydrogen-bond donors (Lipinski definition) is 1.